The van der Waals surface area contributed by atoms with Gasteiger partial charge in [0.15, 0.2) is 0 Å². The van der Waals surface area contributed by atoms with Crippen molar-refractivity contribution in [3.05, 3.63) is 48.3 Å². The number of likely N-dealkylation sites (tertiary alicyclic amines) is 1. The van der Waals surface area contributed by atoms with Gasteiger partial charge in [-0.15, -0.1) is 0 Å². The lowest BCUT2D eigenvalue weighted by Gasteiger charge is -2.20. The van der Waals surface area contributed by atoms with Crippen LogP contribution in [0.4, 0.5) is 10.5 Å². The fourth-order valence-electron chi connectivity index (χ4n) is 3.26. The Balaban J connectivity index is 1.34. The van der Waals surface area contributed by atoms with E-state index in [0.717, 1.165) is 48.6 Å². The van der Waals surface area contributed by atoms with E-state index in [1.807, 2.05) is 30.3 Å². The van der Waals surface area contributed by atoms with E-state index in [0.29, 0.717) is 13.1 Å². The fourth-order valence-corrected chi connectivity index (χ4v) is 3.26. The van der Waals surface area contributed by atoms with Gasteiger partial charge in [-0.1, -0.05) is 0 Å². The number of urea groups is 1. The maximum atomic E-state index is 12.5. The Morgan fingerprint density at radius 2 is 2.32 bits per heavy atom. The lowest BCUT2D eigenvalue weighted by atomic mass is 10.1. The number of hydrogen-bond donors (Lipinski definition) is 1. The second-order valence-corrected chi connectivity index (χ2v) is 6.37. The van der Waals surface area contributed by atoms with Gasteiger partial charge in [-0.05, 0) is 48.7 Å². The Bertz CT molecular complexity index is 751. The van der Waals surface area contributed by atoms with Gasteiger partial charge in [0.25, 0.3) is 0 Å². The highest BCUT2D eigenvalue weighted by Crippen LogP contribution is 2.28. The molecule has 1 unspecified atom stereocenters. The molecule has 1 saturated heterocycles. The highest BCUT2D eigenvalue weighted by molar-refractivity contribution is 5.89. The Hall–Kier alpha value is -2.76. The fraction of sp³-hybridized carbons (Fsp3) is 0.368. The molecule has 1 N–H and O–H groups in total. The molecule has 0 spiro atoms. The van der Waals surface area contributed by atoms with E-state index in [1.165, 1.54) is 0 Å². The van der Waals surface area contributed by atoms with Gasteiger partial charge in [0.2, 0.25) is 0 Å². The summed E-state index contributed by atoms with van der Waals surface area (Å²) in [6.45, 7) is 2.03. The van der Waals surface area contributed by atoms with Crippen molar-refractivity contribution in [2.75, 3.05) is 25.0 Å². The predicted molar refractivity (Wildman–Crippen MR) is 94.1 cm³/mol. The number of carbonyl (C=O) groups is 1. The van der Waals surface area contributed by atoms with Crippen LogP contribution in [0, 0.1) is 0 Å². The average molecular weight is 339 g/mol. The predicted octanol–water partition coefficient (Wildman–Crippen LogP) is 3.09. The first-order valence-electron chi connectivity index (χ1n) is 8.66. The zero-order valence-corrected chi connectivity index (χ0v) is 14.0. The van der Waals surface area contributed by atoms with Crippen LogP contribution in [-0.4, -0.2) is 41.7 Å². The molecule has 0 radical (unpaired) electrons. The maximum Gasteiger partial charge on any atom is 0.321 e. The molecule has 25 heavy (non-hydrogen) atoms. The van der Waals surface area contributed by atoms with E-state index in [2.05, 4.69) is 10.3 Å². The van der Waals surface area contributed by atoms with Crippen molar-refractivity contribution in [1.29, 1.82) is 0 Å². The third-order valence-electron chi connectivity index (χ3n) is 4.53. The van der Waals surface area contributed by atoms with Crippen molar-refractivity contribution in [3.63, 3.8) is 0 Å². The summed E-state index contributed by atoms with van der Waals surface area (Å²) < 4.78 is 11.5. The minimum atomic E-state index is -0.0889. The summed E-state index contributed by atoms with van der Waals surface area (Å²) in [7, 11) is 0. The third kappa shape index (κ3) is 3.68. The number of carbonyl (C=O) groups excluding carboxylic acids is 1. The molecule has 0 bridgehead atoms. The van der Waals surface area contributed by atoms with Gasteiger partial charge in [0.05, 0.1) is 19.3 Å². The molecule has 1 aromatic carbocycles. The number of aryl methyl sites for hydroxylation is 1. The molecule has 2 amide bonds. The van der Waals surface area contributed by atoms with Crippen molar-refractivity contribution in [3.8, 4) is 11.5 Å². The molecule has 6 heteroatoms. The highest BCUT2D eigenvalue weighted by atomic mass is 16.5. The summed E-state index contributed by atoms with van der Waals surface area (Å²) in [5.74, 6) is 1.67. The molecule has 0 aliphatic carbocycles. The SMILES string of the molecule is O=C(Nc1ccc2c(c1)CCCO2)N1CCC(Oc2cccnc2)C1. The number of benzene rings is 1. The molecule has 1 atom stereocenters. The van der Waals surface area contributed by atoms with Gasteiger partial charge in [-0.2, -0.15) is 0 Å². The molecular weight excluding hydrogens is 318 g/mol. The molecule has 130 valence electrons. The first kappa shape index (κ1) is 15.7. The highest BCUT2D eigenvalue weighted by Gasteiger charge is 2.28. The van der Waals surface area contributed by atoms with Crippen LogP contribution in [-0.2, 0) is 6.42 Å². The van der Waals surface area contributed by atoms with Crippen LogP contribution in [0.25, 0.3) is 0 Å². The van der Waals surface area contributed by atoms with Crippen LogP contribution in [0.1, 0.15) is 18.4 Å². The van der Waals surface area contributed by atoms with Crippen molar-refractivity contribution in [1.82, 2.24) is 9.88 Å². The lowest BCUT2D eigenvalue weighted by Crippen LogP contribution is -2.34. The molecule has 3 heterocycles. The number of hydrogen-bond acceptors (Lipinski definition) is 4. The summed E-state index contributed by atoms with van der Waals surface area (Å²) in [6.07, 6.45) is 6.24. The zero-order valence-electron chi connectivity index (χ0n) is 14.0. The van der Waals surface area contributed by atoms with Crippen molar-refractivity contribution < 1.29 is 14.3 Å². The number of pyridine rings is 1. The monoisotopic (exact) mass is 339 g/mol. The first-order valence-corrected chi connectivity index (χ1v) is 8.66. The van der Waals surface area contributed by atoms with Crippen LogP contribution >= 0.6 is 0 Å². The molecular formula is C19H21N3O3. The number of ether oxygens (including phenoxy) is 2. The molecule has 0 saturated carbocycles. The van der Waals surface area contributed by atoms with E-state index in [9.17, 15) is 4.79 Å². The van der Waals surface area contributed by atoms with E-state index in [4.69, 9.17) is 9.47 Å². The van der Waals surface area contributed by atoms with Crippen LogP contribution in [0.2, 0.25) is 0 Å². The minimum absolute atomic E-state index is 0.00637. The van der Waals surface area contributed by atoms with Crippen molar-refractivity contribution in [2.24, 2.45) is 0 Å². The first-order chi connectivity index (χ1) is 12.3. The van der Waals surface area contributed by atoms with Crippen molar-refractivity contribution in [2.45, 2.75) is 25.4 Å². The molecule has 4 rings (SSSR count). The number of anilines is 1. The Morgan fingerprint density at radius 1 is 1.36 bits per heavy atom. The number of rotatable bonds is 3. The standard InChI is InChI=1S/C19H21N3O3/c23-19(21-15-5-6-18-14(11-15)3-2-10-24-18)22-9-7-17(13-22)25-16-4-1-8-20-12-16/h1,4-6,8,11-12,17H,2-3,7,9-10,13H2,(H,21,23). The zero-order chi connectivity index (χ0) is 17.1. The van der Waals surface area contributed by atoms with Crippen LogP contribution in [0.15, 0.2) is 42.7 Å². The van der Waals surface area contributed by atoms with E-state index >= 15 is 0 Å². The summed E-state index contributed by atoms with van der Waals surface area (Å²) in [4.78, 5) is 18.3. The van der Waals surface area contributed by atoms with Gasteiger partial charge in [-0.25, -0.2) is 4.79 Å². The summed E-state index contributed by atoms with van der Waals surface area (Å²) >= 11 is 0. The molecule has 2 aliphatic rings. The van der Waals surface area contributed by atoms with Crippen LogP contribution in [0.5, 0.6) is 11.5 Å². The number of nitrogens with zero attached hydrogens (tertiary/aromatic N) is 2. The number of nitrogens with one attached hydrogen (secondary N) is 1. The van der Waals surface area contributed by atoms with Crippen molar-refractivity contribution >= 4 is 11.7 Å². The van der Waals surface area contributed by atoms with Crippen LogP contribution in [0.3, 0.4) is 0 Å². The van der Waals surface area contributed by atoms with Crippen LogP contribution < -0.4 is 14.8 Å². The third-order valence-corrected chi connectivity index (χ3v) is 4.53. The Kier molecular flexibility index (Phi) is 4.41. The van der Waals surface area contributed by atoms with E-state index < -0.39 is 0 Å². The normalized spacial score (nSPS) is 19.0. The number of amides is 2. The smallest absolute Gasteiger partial charge is 0.321 e. The second-order valence-electron chi connectivity index (χ2n) is 6.37. The second kappa shape index (κ2) is 7.01. The quantitative estimate of drug-likeness (QED) is 0.933. The van der Waals surface area contributed by atoms with E-state index in [-0.39, 0.29) is 12.1 Å². The summed E-state index contributed by atoms with van der Waals surface area (Å²) in [5, 5.41) is 2.98. The lowest BCUT2D eigenvalue weighted by molar-refractivity contribution is 0.194. The molecule has 2 aromatic rings. The van der Waals surface area contributed by atoms with Gasteiger partial charge in [-0.3, -0.25) is 4.98 Å². The van der Waals surface area contributed by atoms with Gasteiger partial charge in [0, 0.05) is 24.8 Å². The van der Waals surface area contributed by atoms with Gasteiger partial charge >= 0.3 is 6.03 Å². The van der Waals surface area contributed by atoms with Gasteiger partial charge < -0.3 is 19.7 Å². The summed E-state index contributed by atoms with van der Waals surface area (Å²) in [6, 6.07) is 9.46. The summed E-state index contributed by atoms with van der Waals surface area (Å²) in [5.41, 5.74) is 1.97. The topological polar surface area (TPSA) is 63.7 Å². The molecule has 1 fully saturated rings. The average Bonchev–Trinajstić information content (AvgIpc) is 3.11. The minimum Gasteiger partial charge on any atom is -0.493 e. The number of fused-ring (bicyclic) bond motifs is 1. The Labute approximate surface area is 146 Å². The molecule has 6 nitrogen and oxygen atoms in total. The Morgan fingerprint density at radius 3 is 3.20 bits per heavy atom. The van der Waals surface area contributed by atoms with E-state index in [1.54, 1.807) is 17.3 Å². The molecule has 2 aliphatic heterocycles. The largest absolute Gasteiger partial charge is 0.493 e. The molecule has 1 aromatic heterocycles. The van der Waals surface area contributed by atoms with Gasteiger partial charge in [0.1, 0.15) is 17.6 Å². The number of aromatic nitrogens is 1. The maximum absolute atomic E-state index is 12.5.